The van der Waals surface area contributed by atoms with Gasteiger partial charge in [-0.25, -0.2) is 0 Å². The van der Waals surface area contributed by atoms with Gasteiger partial charge in [-0.2, -0.15) is 5.10 Å². The Morgan fingerprint density at radius 1 is 1.23 bits per heavy atom. The second-order valence-electron chi connectivity index (χ2n) is 3.04. The number of rotatable bonds is 2. The third kappa shape index (κ3) is 3.07. The summed E-state index contributed by atoms with van der Waals surface area (Å²) in [4.78, 5) is 0. The predicted octanol–water partition coefficient (Wildman–Crippen LogP) is 2.63. The Bertz CT molecular complexity index is 301. The summed E-state index contributed by atoms with van der Waals surface area (Å²) in [5, 5.41) is 6.82. The van der Waals surface area contributed by atoms with Gasteiger partial charge in [-0.05, 0) is 24.6 Å². The third-order valence-corrected chi connectivity index (χ3v) is 1.86. The number of benzene rings is 1. The number of hydrogen-bond donors (Lipinski definition) is 0. The number of hydrogen-bond acceptors (Lipinski definition) is 2. The van der Waals surface area contributed by atoms with E-state index in [9.17, 15) is 0 Å². The second-order valence-corrected chi connectivity index (χ2v) is 3.48. The Morgan fingerprint density at radius 2 is 1.77 bits per heavy atom. The molecule has 0 amide bonds. The van der Waals surface area contributed by atoms with Crippen molar-refractivity contribution in [3.8, 4) is 0 Å². The molecule has 0 saturated carbocycles. The molecule has 0 bridgehead atoms. The maximum Gasteiger partial charge on any atom is 0.0646 e. The van der Waals surface area contributed by atoms with E-state index in [0.29, 0.717) is 0 Å². The third-order valence-electron chi connectivity index (χ3n) is 1.61. The molecule has 2 nitrogen and oxygen atoms in total. The van der Waals surface area contributed by atoms with Gasteiger partial charge in [0, 0.05) is 19.1 Å². The van der Waals surface area contributed by atoms with Crippen LogP contribution in [-0.2, 0) is 0 Å². The van der Waals surface area contributed by atoms with Crippen molar-refractivity contribution in [1.29, 1.82) is 0 Å². The minimum Gasteiger partial charge on any atom is -0.303 e. The fourth-order valence-corrected chi connectivity index (χ4v) is 1.17. The molecule has 0 aromatic heterocycles. The van der Waals surface area contributed by atoms with E-state index in [0.717, 1.165) is 16.3 Å². The van der Waals surface area contributed by atoms with Crippen molar-refractivity contribution in [2.75, 3.05) is 14.1 Å². The first-order valence-corrected chi connectivity index (χ1v) is 4.46. The first-order chi connectivity index (χ1) is 6.09. The van der Waals surface area contributed by atoms with Crippen LogP contribution >= 0.6 is 11.6 Å². The first-order valence-electron chi connectivity index (χ1n) is 4.08. The smallest absolute Gasteiger partial charge is 0.0646 e. The van der Waals surface area contributed by atoms with Crippen LogP contribution in [0.25, 0.3) is 0 Å². The molecule has 0 N–H and O–H groups in total. The Hall–Kier alpha value is -1.02. The summed E-state index contributed by atoms with van der Waals surface area (Å²) in [6.07, 6.45) is 0. The van der Waals surface area contributed by atoms with Gasteiger partial charge >= 0.3 is 0 Å². The molecule has 0 aliphatic rings. The van der Waals surface area contributed by atoms with Gasteiger partial charge in [0.05, 0.1) is 5.71 Å². The van der Waals surface area contributed by atoms with Crippen molar-refractivity contribution in [2.24, 2.45) is 5.10 Å². The van der Waals surface area contributed by atoms with E-state index in [1.807, 2.05) is 45.3 Å². The van der Waals surface area contributed by atoms with Gasteiger partial charge in [0.25, 0.3) is 0 Å². The lowest BCUT2D eigenvalue weighted by Crippen LogP contribution is -2.07. The normalized spacial score (nSPS) is 11.5. The maximum absolute atomic E-state index is 5.77. The van der Waals surface area contributed by atoms with Crippen molar-refractivity contribution < 1.29 is 0 Å². The van der Waals surface area contributed by atoms with Crippen LogP contribution in [0.15, 0.2) is 29.4 Å². The van der Waals surface area contributed by atoms with Crippen LogP contribution in [0.4, 0.5) is 0 Å². The Kier molecular flexibility index (Phi) is 3.32. The van der Waals surface area contributed by atoms with Gasteiger partial charge in [-0.15, -0.1) is 0 Å². The summed E-state index contributed by atoms with van der Waals surface area (Å²) in [5.41, 5.74) is 2.08. The topological polar surface area (TPSA) is 15.6 Å². The average molecular weight is 197 g/mol. The van der Waals surface area contributed by atoms with E-state index >= 15 is 0 Å². The summed E-state index contributed by atoms with van der Waals surface area (Å²) < 4.78 is 0. The lowest BCUT2D eigenvalue weighted by molar-refractivity contribution is 0.438. The van der Waals surface area contributed by atoms with Gasteiger partial charge in [0.15, 0.2) is 0 Å². The van der Waals surface area contributed by atoms with Gasteiger partial charge in [0.1, 0.15) is 0 Å². The molecule has 0 spiro atoms. The van der Waals surface area contributed by atoms with Crippen molar-refractivity contribution >= 4 is 17.3 Å². The van der Waals surface area contributed by atoms with Crippen molar-refractivity contribution in [1.82, 2.24) is 5.01 Å². The molecule has 0 fully saturated rings. The molecule has 0 heterocycles. The molecule has 0 atom stereocenters. The van der Waals surface area contributed by atoms with Crippen LogP contribution in [-0.4, -0.2) is 24.8 Å². The Labute approximate surface area is 83.8 Å². The van der Waals surface area contributed by atoms with Crippen LogP contribution in [0, 0.1) is 0 Å². The summed E-state index contributed by atoms with van der Waals surface area (Å²) in [7, 11) is 3.80. The molecule has 0 aliphatic heterocycles. The van der Waals surface area contributed by atoms with E-state index in [2.05, 4.69) is 5.10 Å². The minimum atomic E-state index is 0.751. The molecule has 1 rings (SSSR count). The zero-order valence-electron chi connectivity index (χ0n) is 8.08. The van der Waals surface area contributed by atoms with Gasteiger partial charge in [0.2, 0.25) is 0 Å². The molecular formula is C10H13ClN2. The van der Waals surface area contributed by atoms with Crippen LogP contribution < -0.4 is 0 Å². The highest BCUT2D eigenvalue weighted by molar-refractivity contribution is 6.30. The van der Waals surface area contributed by atoms with Crippen LogP contribution in [0.3, 0.4) is 0 Å². The largest absolute Gasteiger partial charge is 0.303 e. The summed E-state index contributed by atoms with van der Waals surface area (Å²) in [6.45, 7) is 1.98. The fraction of sp³-hybridized carbons (Fsp3) is 0.300. The van der Waals surface area contributed by atoms with Gasteiger partial charge < -0.3 is 5.01 Å². The molecule has 13 heavy (non-hydrogen) atoms. The van der Waals surface area contributed by atoms with E-state index in [1.165, 1.54) is 0 Å². The van der Waals surface area contributed by atoms with E-state index < -0.39 is 0 Å². The highest BCUT2D eigenvalue weighted by Gasteiger charge is 1.96. The van der Waals surface area contributed by atoms with E-state index in [-0.39, 0.29) is 0 Å². The molecule has 0 unspecified atom stereocenters. The lowest BCUT2D eigenvalue weighted by atomic mass is 10.1. The van der Waals surface area contributed by atoms with Crippen LogP contribution in [0.5, 0.6) is 0 Å². The SMILES string of the molecule is C/C(=N\N(C)C)c1ccc(Cl)cc1. The monoisotopic (exact) mass is 196 g/mol. The maximum atomic E-state index is 5.77. The van der Waals surface area contributed by atoms with Crippen LogP contribution in [0.2, 0.25) is 5.02 Å². The van der Waals surface area contributed by atoms with Gasteiger partial charge in [-0.1, -0.05) is 23.7 Å². The zero-order valence-corrected chi connectivity index (χ0v) is 8.84. The summed E-state index contributed by atoms with van der Waals surface area (Å²) >= 11 is 5.77. The lowest BCUT2D eigenvalue weighted by Gasteiger charge is -2.07. The standard InChI is InChI=1S/C10H13ClN2/c1-8(12-13(2)3)9-4-6-10(11)7-5-9/h4-7H,1-3H3/b12-8+. The second kappa shape index (κ2) is 4.28. The fourth-order valence-electron chi connectivity index (χ4n) is 1.05. The molecule has 1 aromatic carbocycles. The zero-order chi connectivity index (χ0) is 9.84. The molecule has 0 radical (unpaired) electrons. The number of nitrogens with zero attached hydrogens (tertiary/aromatic N) is 2. The quantitative estimate of drug-likeness (QED) is 0.525. The molecule has 0 saturated heterocycles. The molecule has 0 aliphatic carbocycles. The van der Waals surface area contributed by atoms with E-state index in [1.54, 1.807) is 5.01 Å². The Balaban J connectivity index is 2.89. The minimum absolute atomic E-state index is 0.751. The predicted molar refractivity (Wildman–Crippen MR) is 57.4 cm³/mol. The first kappa shape index (κ1) is 10.1. The number of halogens is 1. The van der Waals surface area contributed by atoms with Crippen molar-refractivity contribution in [2.45, 2.75) is 6.92 Å². The molecule has 1 aromatic rings. The summed E-state index contributed by atoms with van der Waals surface area (Å²) in [6, 6.07) is 7.66. The molecule has 70 valence electrons. The van der Waals surface area contributed by atoms with E-state index in [4.69, 9.17) is 11.6 Å². The molecular weight excluding hydrogens is 184 g/mol. The average Bonchev–Trinajstić information content (AvgIpc) is 2.04. The van der Waals surface area contributed by atoms with Crippen LogP contribution in [0.1, 0.15) is 12.5 Å². The highest BCUT2D eigenvalue weighted by atomic mass is 35.5. The highest BCUT2D eigenvalue weighted by Crippen LogP contribution is 2.10. The van der Waals surface area contributed by atoms with Crippen molar-refractivity contribution in [3.63, 3.8) is 0 Å². The van der Waals surface area contributed by atoms with Gasteiger partial charge in [-0.3, -0.25) is 0 Å². The summed E-state index contributed by atoms with van der Waals surface area (Å²) in [5.74, 6) is 0. The number of hydrazone groups is 1. The van der Waals surface area contributed by atoms with Crippen molar-refractivity contribution in [3.05, 3.63) is 34.9 Å². The Morgan fingerprint density at radius 3 is 2.23 bits per heavy atom. The molecule has 3 heteroatoms.